The van der Waals surface area contributed by atoms with Gasteiger partial charge in [-0.3, -0.25) is 4.79 Å². The van der Waals surface area contributed by atoms with Gasteiger partial charge in [0.1, 0.15) is 10.6 Å². The number of rotatable bonds is 3. The molecule has 0 saturated carbocycles. The third-order valence-electron chi connectivity index (χ3n) is 2.93. The van der Waals surface area contributed by atoms with Crippen molar-refractivity contribution in [1.29, 1.82) is 0 Å². The van der Waals surface area contributed by atoms with Crippen molar-refractivity contribution in [3.8, 4) is 0 Å². The van der Waals surface area contributed by atoms with Crippen LogP contribution in [0.2, 0.25) is 0 Å². The first-order valence-corrected chi connectivity index (χ1v) is 7.90. The van der Waals surface area contributed by atoms with Gasteiger partial charge in [-0.25, -0.2) is 4.79 Å². The van der Waals surface area contributed by atoms with Gasteiger partial charge >= 0.3 is 5.97 Å². The molecule has 2 rings (SSSR count). The Hall–Kier alpha value is -1.07. The number of amides is 1. The van der Waals surface area contributed by atoms with E-state index in [0.29, 0.717) is 29.4 Å². The Morgan fingerprint density at radius 3 is 2.80 bits per heavy atom. The quantitative estimate of drug-likeness (QED) is 0.635. The van der Waals surface area contributed by atoms with Crippen LogP contribution in [-0.4, -0.2) is 29.9 Å². The molecule has 1 atom stereocenters. The Labute approximate surface area is 127 Å². The van der Waals surface area contributed by atoms with Crippen LogP contribution in [-0.2, 0) is 9.53 Å². The van der Waals surface area contributed by atoms with Crippen LogP contribution >= 0.6 is 22.9 Å². The molecule has 4 nitrogen and oxygen atoms in total. The van der Waals surface area contributed by atoms with Crippen LogP contribution in [0.15, 0.2) is 11.4 Å². The van der Waals surface area contributed by atoms with Crippen molar-refractivity contribution in [1.82, 2.24) is 0 Å². The number of esters is 1. The maximum atomic E-state index is 12.2. The van der Waals surface area contributed by atoms with Crippen molar-refractivity contribution in [2.45, 2.75) is 32.8 Å². The smallest absolute Gasteiger partial charge is 0.341 e. The van der Waals surface area contributed by atoms with E-state index < -0.39 is 11.6 Å². The zero-order valence-corrected chi connectivity index (χ0v) is 13.4. The molecule has 1 aliphatic rings. The molecule has 1 saturated heterocycles. The summed E-state index contributed by atoms with van der Waals surface area (Å²) in [5.74, 6) is 0.228. The second kappa shape index (κ2) is 5.74. The lowest BCUT2D eigenvalue weighted by Gasteiger charge is -2.21. The molecule has 6 heteroatoms. The minimum Gasteiger partial charge on any atom is -0.456 e. The number of thiophene rings is 1. The van der Waals surface area contributed by atoms with Gasteiger partial charge in [0.15, 0.2) is 0 Å². The summed E-state index contributed by atoms with van der Waals surface area (Å²) in [6.45, 7) is 6.03. The molecule has 0 N–H and O–H groups in total. The summed E-state index contributed by atoms with van der Waals surface area (Å²) in [4.78, 5) is 25.9. The number of carbonyl (C=O) groups is 2. The summed E-state index contributed by atoms with van der Waals surface area (Å²) >= 11 is 7.20. The molecule has 1 unspecified atom stereocenters. The molecule has 0 spiro atoms. The highest BCUT2D eigenvalue weighted by Crippen LogP contribution is 2.34. The van der Waals surface area contributed by atoms with E-state index >= 15 is 0 Å². The van der Waals surface area contributed by atoms with Crippen molar-refractivity contribution < 1.29 is 14.3 Å². The van der Waals surface area contributed by atoms with Crippen LogP contribution in [0, 0.1) is 5.92 Å². The van der Waals surface area contributed by atoms with Crippen molar-refractivity contribution >= 4 is 39.8 Å². The Balaban J connectivity index is 2.21. The van der Waals surface area contributed by atoms with E-state index in [0.717, 1.165) is 0 Å². The Morgan fingerprint density at radius 2 is 2.25 bits per heavy atom. The fraction of sp³-hybridized carbons (Fsp3) is 0.571. The Bertz CT molecular complexity index is 521. The fourth-order valence-electron chi connectivity index (χ4n) is 2.08. The highest BCUT2D eigenvalue weighted by atomic mass is 35.5. The van der Waals surface area contributed by atoms with E-state index in [4.69, 9.17) is 16.3 Å². The highest BCUT2D eigenvalue weighted by molar-refractivity contribution is 7.14. The topological polar surface area (TPSA) is 46.6 Å². The fourth-order valence-corrected chi connectivity index (χ4v) is 3.20. The first-order valence-electron chi connectivity index (χ1n) is 6.49. The molecule has 0 aromatic carbocycles. The van der Waals surface area contributed by atoms with Gasteiger partial charge in [0, 0.05) is 18.8 Å². The Kier molecular flexibility index (Phi) is 4.39. The largest absolute Gasteiger partial charge is 0.456 e. The van der Waals surface area contributed by atoms with E-state index in [-0.39, 0.29) is 11.8 Å². The molecule has 0 aliphatic carbocycles. The SMILES string of the molecule is CC(C)(C)OC(=O)c1ccsc1N1CC(CCl)CC1=O. The number of halogens is 1. The lowest BCUT2D eigenvalue weighted by Crippen LogP contribution is -2.28. The van der Waals surface area contributed by atoms with Crippen LogP contribution < -0.4 is 4.90 Å². The molecular weight excluding hydrogens is 298 g/mol. The maximum Gasteiger partial charge on any atom is 0.341 e. The molecule has 1 amide bonds. The first-order chi connectivity index (χ1) is 9.31. The molecule has 2 heterocycles. The zero-order chi connectivity index (χ0) is 14.9. The van der Waals surface area contributed by atoms with Gasteiger partial charge in [-0.1, -0.05) is 0 Å². The van der Waals surface area contributed by atoms with Gasteiger partial charge in [0.2, 0.25) is 5.91 Å². The predicted molar refractivity (Wildman–Crippen MR) is 80.7 cm³/mol. The van der Waals surface area contributed by atoms with Crippen LogP contribution in [0.25, 0.3) is 0 Å². The summed E-state index contributed by atoms with van der Waals surface area (Å²) in [5, 5.41) is 2.47. The predicted octanol–water partition coefficient (Wildman–Crippen LogP) is 3.30. The summed E-state index contributed by atoms with van der Waals surface area (Å²) in [7, 11) is 0. The number of ether oxygens (including phenoxy) is 1. The lowest BCUT2D eigenvalue weighted by molar-refractivity contribution is -0.117. The summed E-state index contributed by atoms with van der Waals surface area (Å²) in [6.07, 6.45) is 0.440. The van der Waals surface area contributed by atoms with E-state index in [1.807, 2.05) is 20.8 Å². The van der Waals surface area contributed by atoms with E-state index in [2.05, 4.69) is 0 Å². The van der Waals surface area contributed by atoms with E-state index in [1.165, 1.54) is 11.3 Å². The van der Waals surface area contributed by atoms with Crippen LogP contribution in [0.3, 0.4) is 0 Å². The summed E-state index contributed by atoms with van der Waals surface area (Å²) in [6, 6.07) is 1.70. The van der Waals surface area contributed by atoms with Gasteiger partial charge < -0.3 is 9.64 Å². The van der Waals surface area contributed by atoms with Gasteiger partial charge in [0.05, 0.1) is 5.56 Å². The second-order valence-corrected chi connectivity index (χ2v) is 7.07. The second-order valence-electron chi connectivity index (χ2n) is 5.87. The number of nitrogens with zero attached hydrogens (tertiary/aromatic N) is 1. The van der Waals surface area contributed by atoms with Crippen LogP contribution in [0.1, 0.15) is 37.6 Å². The molecule has 1 aromatic heterocycles. The standard InChI is InChI=1S/C14H18ClNO3S/c1-14(2,3)19-13(18)10-4-5-20-12(10)16-8-9(7-15)6-11(16)17/h4-5,9H,6-8H2,1-3H3. The van der Waals surface area contributed by atoms with E-state index in [9.17, 15) is 9.59 Å². The van der Waals surface area contributed by atoms with Crippen molar-refractivity contribution in [2.75, 3.05) is 17.3 Å². The first kappa shape index (κ1) is 15.3. The Morgan fingerprint density at radius 1 is 1.55 bits per heavy atom. The van der Waals surface area contributed by atoms with Gasteiger partial charge in [-0.15, -0.1) is 22.9 Å². The zero-order valence-electron chi connectivity index (χ0n) is 11.8. The maximum absolute atomic E-state index is 12.2. The third kappa shape index (κ3) is 3.33. The number of hydrogen-bond donors (Lipinski definition) is 0. The van der Waals surface area contributed by atoms with Crippen molar-refractivity contribution in [3.63, 3.8) is 0 Å². The van der Waals surface area contributed by atoms with Crippen molar-refractivity contribution in [3.05, 3.63) is 17.0 Å². The van der Waals surface area contributed by atoms with Crippen LogP contribution in [0.5, 0.6) is 0 Å². The number of hydrogen-bond acceptors (Lipinski definition) is 4. The minimum absolute atomic E-state index is 0.0166. The average molecular weight is 316 g/mol. The average Bonchev–Trinajstić information content (AvgIpc) is 2.92. The van der Waals surface area contributed by atoms with E-state index in [1.54, 1.807) is 16.3 Å². The molecule has 0 radical (unpaired) electrons. The van der Waals surface area contributed by atoms with Crippen LogP contribution in [0.4, 0.5) is 5.00 Å². The third-order valence-corrected chi connectivity index (χ3v) is 4.30. The normalized spacial score (nSPS) is 19.5. The molecule has 20 heavy (non-hydrogen) atoms. The summed E-state index contributed by atoms with van der Waals surface area (Å²) < 4.78 is 5.37. The number of alkyl halides is 1. The minimum atomic E-state index is -0.552. The molecule has 1 fully saturated rings. The molecule has 1 aromatic rings. The monoisotopic (exact) mass is 315 g/mol. The van der Waals surface area contributed by atoms with Gasteiger partial charge in [-0.05, 0) is 38.1 Å². The molecule has 0 bridgehead atoms. The number of anilines is 1. The summed E-state index contributed by atoms with van der Waals surface area (Å²) in [5.41, 5.74) is -0.0993. The van der Waals surface area contributed by atoms with Crippen molar-refractivity contribution in [2.24, 2.45) is 5.92 Å². The van der Waals surface area contributed by atoms with Gasteiger partial charge in [-0.2, -0.15) is 0 Å². The van der Waals surface area contributed by atoms with Gasteiger partial charge in [0.25, 0.3) is 0 Å². The highest BCUT2D eigenvalue weighted by Gasteiger charge is 2.33. The molecule has 1 aliphatic heterocycles. The molecular formula is C14H18ClNO3S. The number of carbonyl (C=O) groups excluding carboxylic acids is 2. The molecule has 110 valence electrons. The lowest BCUT2D eigenvalue weighted by atomic mass is 10.1.